The van der Waals surface area contributed by atoms with Gasteiger partial charge in [0.05, 0.1) is 4.90 Å². The quantitative estimate of drug-likeness (QED) is 0.838. The lowest BCUT2D eigenvalue weighted by molar-refractivity contribution is 0.0999. The van der Waals surface area contributed by atoms with Crippen LogP contribution in [-0.2, 0) is 10.0 Å². The van der Waals surface area contributed by atoms with Crippen molar-refractivity contribution in [3.63, 3.8) is 0 Å². The largest absolute Gasteiger partial charge is 0.366 e. The number of nitrogens with one attached hydrogen (secondary N) is 1. The van der Waals surface area contributed by atoms with Crippen LogP contribution in [0.15, 0.2) is 23.1 Å². The van der Waals surface area contributed by atoms with Gasteiger partial charge in [-0.05, 0) is 63.4 Å². The SMILES string of the molecule is Cc1ccc(S(=O)(=O)NC2CCN(C3CC3)CC2)cc1C(N)=O. The van der Waals surface area contributed by atoms with E-state index in [1.54, 1.807) is 13.0 Å². The van der Waals surface area contributed by atoms with E-state index in [0.717, 1.165) is 32.0 Å². The maximum absolute atomic E-state index is 12.5. The molecule has 1 saturated carbocycles. The second-order valence-electron chi connectivity index (χ2n) is 6.50. The fraction of sp³-hybridized carbons (Fsp3) is 0.562. The zero-order chi connectivity index (χ0) is 16.6. The van der Waals surface area contributed by atoms with E-state index in [4.69, 9.17) is 5.73 Å². The highest BCUT2D eigenvalue weighted by Crippen LogP contribution is 2.29. The Bertz CT molecular complexity index is 705. The number of primary amides is 1. The topological polar surface area (TPSA) is 92.5 Å². The number of sulfonamides is 1. The zero-order valence-electron chi connectivity index (χ0n) is 13.3. The van der Waals surface area contributed by atoms with E-state index in [0.29, 0.717) is 5.56 Å². The number of carbonyl (C=O) groups is 1. The van der Waals surface area contributed by atoms with Gasteiger partial charge in [0, 0.05) is 17.6 Å². The van der Waals surface area contributed by atoms with Crippen LogP contribution in [0.4, 0.5) is 0 Å². The van der Waals surface area contributed by atoms with Crippen LogP contribution in [-0.4, -0.2) is 44.4 Å². The number of likely N-dealkylation sites (tertiary alicyclic amines) is 1. The molecule has 1 aromatic carbocycles. The highest BCUT2D eigenvalue weighted by Gasteiger charge is 2.33. The molecule has 0 spiro atoms. The van der Waals surface area contributed by atoms with Crippen LogP contribution < -0.4 is 10.5 Å². The van der Waals surface area contributed by atoms with Crippen LogP contribution >= 0.6 is 0 Å². The zero-order valence-corrected chi connectivity index (χ0v) is 14.1. The molecule has 1 aliphatic carbocycles. The molecule has 23 heavy (non-hydrogen) atoms. The molecule has 6 nitrogen and oxygen atoms in total. The van der Waals surface area contributed by atoms with Gasteiger partial charge in [-0.2, -0.15) is 0 Å². The molecular weight excluding hydrogens is 314 g/mol. The number of benzene rings is 1. The third kappa shape index (κ3) is 3.73. The Morgan fingerprint density at radius 1 is 1.22 bits per heavy atom. The third-order valence-corrected chi connectivity index (χ3v) is 6.22. The fourth-order valence-corrected chi connectivity index (χ4v) is 4.47. The van der Waals surface area contributed by atoms with Crippen LogP contribution in [0.5, 0.6) is 0 Å². The van der Waals surface area contributed by atoms with Crippen LogP contribution in [0.2, 0.25) is 0 Å². The van der Waals surface area contributed by atoms with E-state index in [9.17, 15) is 13.2 Å². The van der Waals surface area contributed by atoms with Crippen LogP contribution in [0.25, 0.3) is 0 Å². The fourth-order valence-electron chi connectivity index (χ4n) is 3.14. The van der Waals surface area contributed by atoms with Gasteiger partial charge in [-0.3, -0.25) is 4.79 Å². The smallest absolute Gasteiger partial charge is 0.249 e. The Balaban J connectivity index is 1.69. The lowest BCUT2D eigenvalue weighted by Gasteiger charge is -2.32. The monoisotopic (exact) mass is 337 g/mol. The summed E-state index contributed by atoms with van der Waals surface area (Å²) in [6, 6.07) is 5.17. The first kappa shape index (κ1) is 16.4. The molecule has 2 aliphatic rings. The summed E-state index contributed by atoms with van der Waals surface area (Å²) in [5.74, 6) is -0.614. The van der Waals surface area contributed by atoms with E-state index in [-0.39, 0.29) is 16.5 Å². The molecule has 1 aromatic rings. The Morgan fingerprint density at radius 2 is 1.87 bits per heavy atom. The second-order valence-corrected chi connectivity index (χ2v) is 8.22. The first-order valence-electron chi connectivity index (χ1n) is 8.03. The Kier molecular flexibility index (Phi) is 4.44. The van der Waals surface area contributed by atoms with Gasteiger partial charge in [0.1, 0.15) is 0 Å². The summed E-state index contributed by atoms with van der Waals surface area (Å²) in [6.45, 7) is 3.62. The van der Waals surface area contributed by atoms with Crippen molar-refractivity contribution in [3.8, 4) is 0 Å². The van der Waals surface area contributed by atoms with E-state index in [1.807, 2.05) is 0 Å². The maximum Gasteiger partial charge on any atom is 0.249 e. The first-order chi connectivity index (χ1) is 10.9. The summed E-state index contributed by atoms with van der Waals surface area (Å²) in [6.07, 6.45) is 4.19. The molecule has 3 rings (SSSR count). The molecule has 0 radical (unpaired) electrons. The molecular formula is C16H23N3O3S. The van der Waals surface area contributed by atoms with E-state index < -0.39 is 15.9 Å². The molecule has 126 valence electrons. The van der Waals surface area contributed by atoms with Crippen LogP contribution in [0.1, 0.15) is 41.6 Å². The lowest BCUT2D eigenvalue weighted by Crippen LogP contribution is -2.45. The number of hydrogen-bond acceptors (Lipinski definition) is 4. The number of rotatable bonds is 5. The number of nitrogens with zero attached hydrogens (tertiary/aromatic N) is 1. The molecule has 1 heterocycles. The van der Waals surface area contributed by atoms with Gasteiger partial charge in [-0.15, -0.1) is 0 Å². The van der Waals surface area contributed by atoms with Crippen molar-refractivity contribution in [1.29, 1.82) is 0 Å². The summed E-state index contributed by atoms with van der Waals surface area (Å²) in [5.41, 5.74) is 6.22. The number of aryl methyl sites for hydroxylation is 1. The normalized spacial score (nSPS) is 20.6. The average Bonchev–Trinajstić information content (AvgIpc) is 3.32. The van der Waals surface area contributed by atoms with Crippen molar-refractivity contribution in [2.45, 2.75) is 49.6 Å². The predicted molar refractivity (Wildman–Crippen MR) is 87.6 cm³/mol. The molecule has 1 amide bonds. The minimum atomic E-state index is -3.63. The molecule has 0 atom stereocenters. The van der Waals surface area contributed by atoms with Crippen molar-refractivity contribution in [2.24, 2.45) is 5.73 Å². The lowest BCUT2D eigenvalue weighted by atomic mass is 10.1. The summed E-state index contributed by atoms with van der Waals surface area (Å²) in [7, 11) is -3.63. The molecule has 1 aliphatic heterocycles. The predicted octanol–water partition coefficient (Wildman–Crippen LogP) is 0.999. The highest BCUT2D eigenvalue weighted by atomic mass is 32.2. The summed E-state index contributed by atoms with van der Waals surface area (Å²) >= 11 is 0. The van der Waals surface area contributed by atoms with Gasteiger partial charge in [-0.1, -0.05) is 6.07 Å². The standard InChI is InChI=1S/C16H23N3O3S/c1-11-2-5-14(10-15(11)16(17)20)23(21,22)18-12-6-8-19(9-7-12)13-3-4-13/h2,5,10,12-13,18H,3-4,6-9H2,1H3,(H2,17,20). The second kappa shape index (κ2) is 6.22. The number of amides is 1. The first-order valence-corrected chi connectivity index (χ1v) is 9.52. The van der Waals surface area contributed by atoms with Crippen molar-refractivity contribution in [2.75, 3.05) is 13.1 Å². The molecule has 0 bridgehead atoms. The van der Waals surface area contributed by atoms with Gasteiger partial charge in [-0.25, -0.2) is 13.1 Å². The molecule has 3 N–H and O–H groups in total. The van der Waals surface area contributed by atoms with E-state index >= 15 is 0 Å². The van der Waals surface area contributed by atoms with Gasteiger partial charge in [0.15, 0.2) is 0 Å². The molecule has 0 unspecified atom stereocenters. The van der Waals surface area contributed by atoms with Gasteiger partial charge in [0.25, 0.3) is 0 Å². The Labute approximate surface area is 137 Å². The van der Waals surface area contributed by atoms with Crippen molar-refractivity contribution in [1.82, 2.24) is 9.62 Å². The number of carbonyl (C=O) groups excluding carboxylic acids is 1. The van der Waals surface area contributed by atoms with Crippen LogP contribution in [0, 0.1) is 6.92 Å². The van der Waals surface area contributed by atoms with Gasteiger partial charge < -0.3 is 10.6 Å². The van der Waals surface area contributed by atoms with E-state index in [1.165, 1.54) is 25.0 Å². The van der Waals surface area contributed by atoms with Gasteiger partial charge in [0.2, 0.25) is 15.9 Å². The Morgan fingerprint density at radius 3 is 2.43 bits per heavy atom. The molecule has 1 saturated heterocycles. The number of hydrogen-bond donors (Lipinski definition) is 2. The van der Waals surface area contributed by atoms with Gasteiger partial charge >= 0.3 is 0 Å². The molecule has 2 fully saturated rings. The third-order valence-electron chi connectivity index (χ3n) is 4.70. The number of piperidine rings is 1. The Hall–Kier alpha value is -1.44. The maximum atomic E-state index is 12.5. The van der Waals surface area contributed by atoms with E-state index in [2.05, 4.69) is 9.62 Å². The summed E-state index contributed by atoms with van der Waals surface area (Å²) in [5, 5.41) is 0. The average molecular weight is 337 g/mol. The van der Waals surface area contributed by atoms with Crippen molar-refractivity contribution in [3.05, 3.63) is 29.3 Å². The molecule has 0 aromatic heterocycles. The molecule has 7 heteroatoms. The minimum absolute atomic E-state index is 0.0478. The van der Waals surface area contributed by atoms with Crippen LogP contribution in [0.3, 0.4) is 0 Å². The minimum Gasteiger partial charge on any atom is -0.366 e. The summed E-state index contributed by atoms with van der Waals surface area (Å²) < 4.78 is 27.8. The van der Waals surface area contributed by atoms with Crippen molar-refractivity contribution >= 4 is 15.9 Å². The highest BCUT2D eigenvalue weighted by molar-refractivity contribution is 7.89. The number of nitrogens with two attached hydrogens (primary N) is 1. The van der Waals surface area contributed by atoms with Crippen molar-refractivity contribution < 1.29 is 13.2 Å². The summed E-state index contributed by atoms with van der Waals surface area (Å²) in [4.78, 5) is 13.9.